The van der Waals surface area contributed by atoms with Crippen LogP contribution in [-0.2, 0) is 11.2 Å². The number of likely N-dealkylation sites (tertiary alicyclic amines) is 1. The molecule has 4 rings (SSSR count). The summed E-state index contributed by atoms with van der Waals surface area (Å²) < 4.78 is 1.04. The molecule has 0 atom stereocenters. The molecule has 1 aliphatic heterocycles. The van der Waals surface area contributed by atoms with Crippen molar-refractivity contribution in [3.63, 3.8) is 0 Å². The Morgan fingerprint density at radius 1 is 1.08 bits per heavy atom. The fraction of sp³-hybridized carbons (Fsp3) is 0.286. The Hall–Kier alpha value is -2.07. The number of nitrogens with zero attached hydrogens (tertiary/aromatic N) is 1. The quantitative estimate of drug-likeness (QED) is 0.672. The molecule has 25 heavy (non-hydrogen) atoms. The van der Waals surface area contributed by atoms with E-state index < -0.39 is 0 Å². The Balaban J connectivity index is 1.39. The highest BCUT2D eigenvalue weighted by atomic mass is 79.9. The zero-order valence-corrected chi connectivity index (χ0v) is 15.6. The average Bonchev–Trinajstić information content (AvgIpc) is 3.08. The Morgan fingerprint density at radius 3 is 2.56 bits per heavy atom. The zero-order chi connectivity index (χ0) is 17.2. The van der Waals surface area contributed by atoms with Crippen LogP contribution in [0.1, 0.15) is 29.9 Å². The number of amides is 1. The van der Waals surface area contributed by atoms with Crippen molar-refractivity contribution in [3.8, 4) is 0 Å². The summed E-state index contributed by atoms with van der Waals surface area (Å²) in [6.45, 7) is 1.69. The molecular formula is C21H21BrN2O. The van der Waals surface area contributed by atoms with Gasteiger partial charge in [0, 0.05) is 34.7 Å². The topological polar surface area (TPSA) is 36.1 Å². The number of nitrogens with one attached hydrogen (secondary N) is 1. The summed E-state index contributed by atoms with van der Waals surface area (Å²) in [7, 11) is 0. The second-order valence-electron chi connectivity index (χ2n) is 6.75. The van der Waals surface area contributed by atoms with E-state index in [9.17, 15) is 4.79 Å². The molecule has 128 valence electrons. The third-order valence-electron chi connectivity index (χ3n) is 5.18. The van der Waals surface area contributed by atoms with Gasteiger partial charge in [-0.25, -0.2) is 0 Å². The number of benzene rings is 2. The van der Waals surface area contributed by atoms with Crippen molar-refractivity contribution in [1.29, 1.82) is 0 Å². The normalized spacial score (nSPS) is 15.6. The molecule has 0 bridgehead atoms. The molecule has 2 aromatic carbocycles. The van der Waals surface area contributed by atoms with Gasteiger partial charge in [0.2, 0.25) is 5.91 Å². The molecule has 1 N–H and O–H groups in total. The molecule has 1 aliphatic rings. The first kappa shape index (κ1) is 16.4. The molecule has 1 fully saturated rings. The number of hydrogen-bond donors (Lipinski definition) is 1. The predicted molar refractivity (Wildman–Crippen MR) is 105 cm³/mol. The number of fused-ring (bicyclic) bond motifs is 1. The Kier molecular flexibility index (Phi) is 4.62. The summed E-state index contributed by atoms with van der Waals surface area (Å²) >= 11 is 3.43. The third kappa shape index (κ3) is 3.49. The van der Waals surface area contributed by atoms with Gasteiger partial charge in [0.05, 0.1) is 6.42 Å². The van der Waals surface area contributed by atoms with Crippen LogP contribution in [0, 0.1) is 0 Å². The largest absolute Gasteiger partial charge is 0.361 e. The van der Waals surface area contributed by atoms with E-state index >= 15 is 0 Å². The van der Waals surface area contributed by atoms with Crippen LogP contribution >= 0.6 is 15.9 Å². The molecule has 0 radical (unpaired) electrons. The van der Waals surface area contributed by atoms with E-state index in [0.29, 0.717) is 12.3 Å². The fourth-order valence-corrected chi connectivity index (χ4v) is 4.02. The number of piperidine rings is 1. The van der Waals surface area contributed by atoms with Crippen LogP contribution in [0.5, 0.6) is 0 Å². The first-order chi connectivity index (χ1) is 12.2. The number of rotatable bonds is 3. The van der Waals surface area contributed by atoms with E-state index in [2.05, 4.69) is 51.4 Å². The number of aromatic nitrogens is 1. The van der Waals surface area contributed by atoms with E-state index in [1.54, 1.807) is 0 Å². The summed E-state index contributed by atoms with van der Waals surface area (Å²) in [4.78, 5) is 18.0. The summed E-state index contributed by atoms with van der Waals surface area (Å²) in [5.74, 6) is 0.771. The molecule has 3 nitrogen and oxygen atoms in total. The summed E-state index contributed by atoms with van der Waals surface area (Å²) in [6, 6.07) is 16.5. The average molecular weight is 397 g/mol. The molecule has 0 aliphatic carbocycles. The van der Waals surface area contributed by atoms with Crippen LogP contribution in [0.4, 0.5) is 0 Å². The molecule has 1 amide bonds. The van der Waals surface area contributed by atoms with Gasteiger partial charge in [0.25, 0.3) is 0 Å². The molecule has 1 aromatic heterocycles. The lowest BCUT2D eigenvalue weighted by molar-refractivity contribution is -0.131. The van der Waals surface area contributed by atoms with Crippen LogP contribution in [0.2, 0.25) is 0 Å². The SMILES string of the molecule is O=C(Cc1ccc(Br)cc1)N1CCC(c2c[nH]c3ccccc23)CC1. The van der Waals surface area contributed by atoms with E-state index in [1.165, 1.54) is 16.5 Å². The molecule has 2 heterocycles. The van der Waals surface area contributed by atoms with Gasteiger partial charge in [-0.05, 0) is 48.1 Å². The minimum atomic E-state index is 0.236. The number of carbonyl (C=O) groups excluding carboxylic acids is 1. The van der Waals surface area contributed by atoms with E-state index in [4.69, 9.17) is 0 Å². The lowest BCUT2D eigenvalue weighted by Crippen LogP contribution is -2.38. The second-order valence-corrected chi connectivity index (χ2v) is 7.66. The fourth-order valence-electron chi connectivity index (χ4n) is 3.76. The maximum absolute atomic E-state index is 12.6. The minimum Gasteiger partial charge on any atom is -0.361 e. The number of halogens is 1. The molecule has 0 unspecified atom stereocenters. The Bertz CT molecular complexity index is 876. The standard InChI is InChI=1S/C21H21BrN2O/c22-17-7-5-15(6-8-17)13-21(25)24-11-9-16(10-12-24)19-14-23-20-4-2-1-3-18(19)20/h1-8,14,16,23H,9-13H2. The molecule has 1 saturated heterocycles. The van der Waals surface area contributed by atoms with Crippen molar-refractivity contribution in [2.24, 2.45) is 0 Å². The third-order valence-corrected chi connectivity index (χ3v) is 5.71. The van der Waals surface area contributed by atoms with Crippen LogP contribution in [0.3, 0.4) is 0 Å². The van der Waals surface area contributed by atoms with Crippen molar-refractivity contribution in [3.05, 3.63) is 70.3 Å². The highest BCUT2D eigenvalue weighted by Crippen LogP contribution is 2.33. The zero-order valence-electron chi connectivity index (χ0n) is 14.0. The first-order valence-corrected chi connectivity index (χ1v) is 9.58. The smallest absolute Gasteiger partial charge is 0.226 e. The van der Waals surface area contributed by atoms with Gasteiger partial charge in [-0.3, -0.25) is 4.79 Å². The molecular weight excluding hydrogens is 376 g/mol. The lowest BCUT2D eigenvalue weighted by atomic mass is 9.89. The number of H-pyrrole nitrogens is 1. The van der Waals surface area contributed by atoms with Crippen molar-refractivity contribution < 1.29 is 4.79 Å². The lowest BCUT2D eigenvalue weighted by Gasteiger charge is -2.32. The van der Waals surface area contributed by atoms with Crippen molar-refractivity contribution >= 4 is 32.7 Å². The van der Waals surface area contributed by atoms with Crippen LogP contribution in [0.25, 0.3) is 10.9 Å². The summed E-state index contributed by atoms with van der Waals surface area (Å²) in [6.07, 6.45) is 4.71. The summed E-state index contributed by atoms with van der Waals surface area (Å²) in [5, 5.41) is 1.32. The van der Waals surface area contributed by atoms with E-state index in [0.717, 1.165) is 36.0 Å². The Labute approximate surface area is 156 Å². The van der Waals surface area contributed by atoms with E-state index in [1.807, 2.05) is 29.2 Å². The van der Waals surface area contributed by atoms with Crippen LogP contribution in [-0.4, -0.2) is 28.9 Å². The molecule has 0 spiro atoms. The van der Waals surface area contributed by atoms with Crippen molar-refractivity contribution in [2.45, 2.75) is 25.2 Å². The maximum Gasteiger partial charge on any atom is 0.226 e. The van der Waals surface area contributed by atoms with Gasteiger partial charge < -0.3 is 9.88 Å². The van der Waals surface area contributed by atoms with Gasteiger partial charge in [-0.15, -0.1) is 0 Å². The van der Waals surface area contributed by atoms with Gasteiger partial charge in [0.1, 0.15) is 0 Å². The monoisotopic (exact) mass is 396 g/mol. The molecule has 4 heteroatoms. The summed E-state index contributed by atoms with van der Waals surface area (Å²) in [5.41, 5.74) is 3.67. The number of hydrogen-bond acceptors (Lipinski definition) is 1. The van der Waals surface area contributed by atoms with Gasteiger partial charge in [-0.1, -0.05) is 46.3 Å². The van der Waals surface area contributed by atoms with Crippen molar-refractivity contribution in [2.75, 3.05) is 13.1 Å². The van der Waals surface area contributed by atoms with Crippen LogP contribution in [0.15, 0.2) is 59.2 Å². The second kappa shape index (κ2) is 7.04. The van der Waals surface area contributed by atoms with Gasteiger partial charge in [-0.2, -0.15) is 0 Å². The van der Waals surface area contributed by atoms with Gasteiger partial charge >= 0.3 is 0 Å². The first-order valence-electron chi connectivity index (χ1n) is 8.79. The number of aromatic amines is 1. The van der Waals surface area contributed by atoms with Crippen LogP contribution < -0.4 is 0 Å². The number of para-hydroxylation sites is 1. The minimum absolute atomic E-state index is 0.236. The predicted octanol–water partition coefficient (Wildman–Crippen LogP) is 4.88. The number of carbonyl (C=O) groups is 1. The maximum atomic E-state index is 12.6. The van der Waals surface area contributed by atoms with Gasteiger partial charge in [0.15, 0.2) is 0 Å². The molecule has 0 saturated carbocycles. The van der Waals surface area contributed by atoms with E-state index in [-0.39, 0.29) is 5.91 Å². The highest BCUT2D eigenvalue weighted by Gasteiger charge is 2.25. The highest BCUT2D eigenvalue weighted by molar-refractivity contribution is 9.10. The molecule has 3 aromatic rings. The van der Waals surface area contributed by atoms with Crippen molar-refractivity contribution in [1.82, 2.24) is 9.88 Å². The Morgan fingerprint density at radius 2 is 1.80 bits per heavy atom.